The highest BCUT2D eigenvalue weighted by Crippen LogP contribution is 2.26. The summed E-state index contributed by atoms with van der Waals surface area (Å²) in [6.07, 6.45) is 4.10. The van der Waals surface area contributed by atoms with E-state index in [1.54, 1.807) is 7.11 Å². The lowest BCUT2D eigenvalue weighted by atomic mass is 10.0. The predicted octanol–water partition coefficient (Wildman–Crippen LogP) is 5.35. The average Bonchev–Trinajstić information content (AvgIpc) is 3.27. The van der Waals surface area contributed by atoms with E-state index in [-0.39, 0.29) is 30.6 Å². The van der Waals surface area contributed by atoms with Crippen molar-refractivity contribution in [3.63, 3.8) is 0 Å². The molecule has 10 heteroatoms. The lowest BCUT2D eigenvalue weighted by molar-refractivity contribution is 0.221. The first-order valence-corrected chi connectivity index (χ1v) is 11.2. The molecule has 1 fully saturated rings. The summed E-state index contributed by atoms with van der Waals surface area (Å²) >= 11 is 1.24. The lowest BCUT2D eigenvalue weighted by Crippen LogP contribution is -2.40. The molecule has 0 radical (unpaired) electrons. The number of pyridine rings is 1. The van der Waals surface area contributed by atoms with E-state index in [4.69, 9.17) is 4.74 Å². The molecule has 4 aromatic rings. The third-order valence-corrected chi connectivity index (χ3v) is 6.58. The van der Waals surface area contributed by atoms with Crippen molar-refractivity contribution in [1.29, 1.82) is 0 Å². The number of nitrogens with zero attached hydrogens (tertiary/aromatic N) is 4. The van der Waals surface area contributed by atoms with Crippen LogP contribution in [0.5, 0.6) is 5.75 Å². The largest absolute Gasteiger partial charge is 0.497 e. The van der Waals surface area contributed by atoms with Crippen LogP contribution in [0.15, 0.2) is 42.6 Å². The summed E-state index contributed by atoms with van der Waals surface area (Å²) in [5.41, 5.74) is 4.49. The van der Waals surface area contributed by atoms with Crippen LogP contribution < -0.4 is 10.1 Å². The van der Waals surface area contributed by atoms with Gasteiger partial charge in [0.15, 0.2) is 0 Å². The van der Waals surface area contributed by atoms with Crippen LogP contribution >= 0.6 is 36.5 Å². The number of hydrogen-bond donors (Lipinski definition) is 1. The molecule has 0 spiro atoms. The van der Waals surface area contributed by atoms with E-state index in [9.17, 15) is 4.39 Å². The van der Waals surface area contributed by atoms with Crippen LogP contribution in [0.4, 0.5) is 10.1 Å². The number of aromatic nitrogens is 3. The Morgan fingerprint density at radius 1 is 1.06 bits per heavy atom. The summed E-state index contributed by atoms with van der Waals surface area (Å²) in [6, 6.07) is 12.2. The van der Waals surface area contributed by atoms with Gasteiger partial charge in [-0.25, -0.2) is 4.39 Å². The van der Waals surface area contributed by atoms with E-state index in [0.717, 1.165) is 65.8 Å². The number of nitrogens with one attached hydrogen (secondary N) is 1. The molecule has 1 aliphatic heterocycles. The first-order valence-electron chi connectivity index (χ1n) is 10.5. The lowest BCUT2D eigenvalue weighted by Gasteiger charge is -2.33. The van der Waals surface area contributed by atoms with E-state index < -0.39 is 0 Å². The molecule has 1 saturated heterocycles. The molecule has 1 aliphatic rings. The molecule has 0 bridgehead atoms. The molecular weight excluding hydrogens is 484 g/mol. The number of fused-ring (bicyclic) bond motifs is 2. The Morgan fingerprint density at radius 2 is 1.82 bits per heavy atom. The second-order valence-corrected chi connectivity index (χ2v) is 8.47. The molecule has 0 amide bonds. The molecule has 0 unspecified atom stereocenters. The Kier molecular flexibility index (Phi) is 8.64. The number of piperidine rings is 1. The zero-order chi connectivity index (χ0) is 21.2. The van der Waals surface area contributed by atoms with Gasteiger partial charge < -0.3 is 15.0 Å². The van der Waals surface area contributed by atoms with Gasteiger partial charge in [0.25, 0.3) is 0 Å². The number of methoxy groups -OCH3 is 1. The Labute approximate surface area is 208 Å². The van der Waals surface area contributed by atoms with Crippen molar-refractivity contribution in [2.75, 3.05) is 32.1 Å². The maximum Gasteiger partial charge on any atom is 0.145 e. The Morgan fingerprint density at radius 3 is 2.61 bits per heavy atom. The fourth-order valence-electron chi connectivity index (χ4n) is 4.26. The van der Waals surface area contributed by atoms with Crippen LogP contribution in [0.25, 0.3) is 21.9 Å². The van der Waals surface area contributed by atoms with Gasteiger partial charge in [-0.05, 0) is 55.7 Å². The van der Waals surface area contributed by atoms with E-state index in [0.29, 0.717) is 18.0 Å². The molecule has 5 rings (SSSR count). The van der Waals surface area contributed by atoms with Crippen LogP contribution in [0.2, 0.25) is 0 Å². The van der Waals surface area contributed by atoms with Crippen LogP contribution in [0.1, 0.15) is 18.4 Å². The van der Waals surface area contributed by atoms with Crippen molar-refractivity contribution < 1.29 is 9.13 Å². The van der Waals surface area contributed by atoms with Gasteiger partial charge in [0.05, 0.1) is 30.6 Å². The number of halogens is 3. The molecule has 0 saturated carbocycles. The monoisotopic (exact) mass is 509 g/mol. The minimum absolute atomic E-state index is 0. The minimum atomic E-state index is -0.246. The molecule has 176 valence electrons. The van der Waals surface area contributed by atoms with Crippen LogP contribution in [0.3, 0.4) is 0 Å². The van der Waals surface area contributed by atoms with Crippen molar-refractivity contribution in [1.82, 2.24) is 18.6 Å². The van der Waals surface area contributed by atoms with Crippen LogP contribution in [0, 0.1) is 5.82 Å². The van der Waals surface area contributed by atoms with Gasteiger partial charge in [0, 0.05) is 42.3 Å². The van der Waals surface area contributed by atoms with Crippen LogP contribution in [-0.4, -0.2) is 51.4 Å². The Hall–Kier alpha value is -2.26. The number of benzene rings is 2. The van der Waals surface area contributed by atoms with Crippen molar-refractivity contribution in [3.05, 3.63) is 54.0 Å². The SMILES string of the molecule is COc1ccc2ncc(F)c(CCN3CCC(Nc4ccc5nsnc5c4)CC3)c2c1.Cl.Cl. The summed E-state index contributed by atoms with van der Waals surface area (Å²) in [5.74, 6) is 0.476. The highest BCUT2D eigenvalue weighted by atomic mass is 35.5. The van der Waals surface area contributed by atoms with Gasteiger partial charge in [-0.3, -0.25) is 4.98 Å². The van der Waals surface area contributed by atoms with Gasteiger partial charge in [-0.2, -0.15) is 8.75 Å². The van der Waals surface area contributed by atoms with Crippen molar-refractivity contribution in [2.24, 2.45) is 0 Å². The van der Waals surface area contributed by atoms with Gasteiger partial charge in [-0.15, -0.1) is 24.8 Å². The normalized spacial score (nSPS) is 14.6. The summed E-state index contributed by atoms with van der Waals surface area (Å²) in [7, 11) is 1.62. The summed E-state index contributed by atoms with van der Waals surface area (Å²) in [5, 5.41) is 4.47. The molecule has 1 N–H and O–H groups in total. The molecular formula is C23H26Cl2FN5OS. The Bertz CT molecular complexity index is 1220. The number of anilines is 1. The standard InChI is InChI=1S/C23H24FN5OS.2ClH/c1-30-17-3-5-21-19(13-17)18(20(24)14-25-21)8-11-29-9-6-15(7-10-29)26-16-2-4-22-23(12-16)28-31-27-22;;/h2-5,12-15,26H,6-11H2,1H3;2*1H. The smallest absolute Gasteiger partial charge is 0.145 e. The van der Waals surface area contributed by atoms with E-state index in [1.807, 2.05) is 24.3 Å². The summed E-state index contributed by atoms with van der Waals surface area (Å²) in [6.45, 7) is 2.81. The highest BCUT2D eigenvalue weighted by Gasteiger charge is 2.20. The van der Waals surface area contributed by atoms with Crippen molar-refractivity contribution >= 4 is 64.2 Å². The Balaban J connectivity index is 0.00000153. The predicted molar refractivity (Wildman–Crippen MR) is 137 cm³/mol. The van der Waals surface area contributed by atoms with Gasteiger partial charge >= 0.3 is 0 Å². The summed E-state index contributed by atoms with van der Waals surface area (Å²) < 4.78 is 28.4. The van der Waals surface area contributed by atoms with Crippen LogP contribution in [-0.2, 0) is 6.42 Å². The molecule has 3 heterocycles. The van der Waals surface area contributed by atoms with E-state index in [1.165, 1.54) is 17.9 Å². The maximum absolute atomic E-state index is 14.6. The minimum Gasteiger partial charge on any atom is -0.497 e. The third-order valence-electron chi connectivity index (χ3n) is 6.02. The van der Waals surface area contributed by atoms with Gasteiger partial charge in [0.2, 0.25) is 0 Å². The maximum atomic E-state index is 14.6. The molecule has 0 atom stereocenters. The molecule has 0 aliphatic carbocycles. The van der Waals surface area contributed by atoms with E-state index in [2.05, 4.69) is 36.1 Å². The number of likely N-dealkylation sites (tertiary alicyclic amines) is 1. The second kappa shape index (κ2) is 11.2. The molecule has 2 aromatic carbocycles. The highest BCUT2D eigenvalue weighted by molar-refractivity contribution is 7.00. The number of ether oxygens (including phenoxy) is 1. The van der Waals surface area contributed by atoms with Gasteiger partial charge in [-0.1, -0.05) is 0 Å². The zero-order valence-electron chi connectivity index (χ0n) is 18.2. The summed E-state index contributed by atoms with van der Waals surface area (Å²) in [4.78, 5) is 6.63. The first kappa shape index (κ1) is 25.4. The number of rotatable bonds is 6. The number of hydrogen-bond acceptors (Lipinski definition) is 7. The van der Waals surface area contributed by atoms with Crippen molar-refractivity contribution in [2.45, 2.75) is 25.3 Å². The van der Waals surface area contributed by atoms with E-state index >= 15 is 0 Å². The topological polar surface area (TPSA) is 63.2 Å². The fourth-order valence-corrected chi connectivity index (χ4v) is 4.78. The van der Waals surface area contributed by atoms with Gasteiger partial charge in [0.1, 0.15) is 22.6 Å². The van der Waals surface area contributed by atoms with Crippen molar-refractivity contribution in [3.8, 4) is 5.75 Å². The average molecular weight is 510 g/mol. The quantitative estimate of drug-likeness (QED) is 0.378. The fraction of sp³-hybridized carbons (Fsp3) is 0.348. The second-order valence-electron chi connectivity index (χ2n) is 7.95. The third kappa shape index (κ3) is 5.63. The first-order chi connectivity index (χ1) is 15.2. The molecule has 33 heavy (non-hydrogen) atoms. The molecule has 6 nitrogen and oxygen atoms in total. The molecule has 2 aromatic heterocycles. The zero-order valence-corrected chi connectivity index (χ0v) is 20.6.